The molecular weight excluding hydrogens is 302 g/mol. The maximum absolute atomic E-state index is 10.1. The Morgan fingerprint density at radius 2 is 2.21 bits per heavy atom. The number of furan rings is 1. The summed E-state index contributed by atoms with van der Waals surface area (Å²) in [7, 11) is 1.63. The number of phenolic OH excluding ortho intramolecular Hbond substituents is 1. The van der Waals surface area contributed by atoms with Crippen molar-refractivity contribution in [3.8, 4) is 11.5 Å². The zero-order valence-electron chi connectivity index (χ0n) is 14.0. The minimum absolute atomic E-state index is 0.238. The fourth-order valence-corrected chi connectivity index (χ4v) is 4.37. The molecule has 1 atom stereocenters. The molecule has 1 fully saturated rings. The highest BCUT2D eigenvalue weighted by molar-refractivity contribution is 5.52. The molecule has 0 radical (unpaired) electrons. The molecule has 1 aromatic heterocycles. The summed E-state index contributed by atoms with van der Waals surface area (Å²) in [6.45, 7) is 1.84. The number of hydrogen-bond acceptors (Lipinski definition) is 4. The van der Waals surface area contributed by atoms with Crippen LogP contribution in [0, 0.1) is 5.92 Å². The quantitative estimate of drug-likeness (QED) is 0.936. The zero-order chi connectivity index (χ0) is 16.3. The number of benzene rings is 1. The molecule has 4 heteroatoms. The van der Waals surface area contributed by atoms with Gasteiger partial charge >= 0.3 is 0 Å². The largest absolute Gasteiger partial charge is 0.504 e. The standard InChI is InChI=1S/C20H23NO3/c1-23-20-16-11-21-7-6-19-15(10-14(24-19)8-12-2-3-12)17(21)9-13(16)4-5-18(20)22/h4-5,10,12,17,22H,2-3,6-9,11H2,1H3. The summed E-state index contributed by atoms with van der Waals surface area (Å²) < 4.78 is 11.6. The number of aromatic hydroxyl groups is 1. The Bertz CT molecular complexity index is 790. The van der Waals surface area contributed by atoms with E-state index in [-0.39, 0.29) is 5.75 Å². The van der Waals surface area contributed by atoms with Gasteiger partial charge in [0.15, 0.2) is 11.5 Å². The minimum Gasteiger partial charge on any atom is -0.504 e. The van der Waals surface area contributed by atoms with Crippen LogP contribution in [0.4, 0.5) is 0 Å². The van der Waals surface area contributed by atoms with E-state index in [9.17, 15) is 5.11 Å². The summed E-state index contributed by atoms with van der Waals surface area (Å²) in [5, 5.41) is 10.1. The van der Waals surface area contributed by atoms with Crippen LogP contribution in [0.2, 0.25) is 0 Å². The van der Waals surface area contributed by atoms with Gasteiger partial charge in [0.05, 0.1) is 7.11 Å². The predicted molar refractivity (Wildman–Crippen MR) is 90.4 cm³/mol. The lowest BCUT2D eigenvalue weighted by Gasteiger charge is -2.40. The molecule has 2 aromatic rings. The molecule has 0 bridgehead atoms. The fourth-order valence-electron chi connectivity index (χ4n) is 4.37. The Morgan fingerprint density at radius 1 is 1.33 bits per heavy atom. The second-order valence-electron chi connectivity index (χ2n) is 7.43. The summed E-state index contributed by atoms with van der Waals surface area (Å²) in [6.07, 6.45) is 5.77. The molecule has 3 heterocycles. The fraction of sp³-hybridized carbons (Fsp3) is 0.500. The highest BCUT2D eigenvalue weighted by atomic mass is 16.5. The lowest BCUT2D eigenvalue weighted by molar-refractivity contribution is 0.150. The molecule has 126 valence electrons. The maximum atomic E-state index is 10.1. The van der Waals surface area contributed by atoms with Crippen molar-refractivity contribution >= 4 is 0 Å². The molecule has 1 unspecified atom stereocenters. The van der Waals surface area contributed by atoms with Crippen molar-refractivity contribution in [1.29, 1.82) is 0 Å². The Morgan fingerprint density at radius 3 is 3.00 bits per heavy atom. The smallest absolute Gasteiger partial charge is 0.165 e. The maximum Gasteiger partial charge on any atom is 0.165 e. The van der Waals surface area contributed by atoms with Crippen LogP contribution in [0.3, 0.4) is 0 Å². The van der Waals surface area contributed by atoms with E-state index in [1.807, 2.05) is 6.07 Å². The normalized spacial score (nSPS) is 22.6. The first-order chi connectivity index (χ1) is 11.7. The van der Waals surface area contributed by atoms with E-state index in [4.69, 9.17) is 9.15 Å². The van der Waals surface area contributed by atoms with Gasteiger partial charge in [-0.05, 0) is 42.9 Å². The van der Waals surface area contributed by atoms with Crippen molar-refractivity contribution in [2.45, 2.75) is 44.7 Å². The predicted octanol–water partition coefficient (Wildman–Crippen LogP) is 3.60. The minimum atomic E-state index is 0.238. The number of nitrogens with zero attached hydrogens (tertiary/aromatic N) is 1. The molecule has 1 N–H and O–H groups in total. The van der Waals surface area contributed by atoms with E-state index in [1.165, 1.54) is 35.5 Å². The molecular formula is C20H23NO3. The van der Waals surface area contributed by atoms with Crippen LogP contribution in [0.5, 0.6) is 11.5 Å². The first kappa shape index (κ1) is 14.4. The zero-order valence-corrected chi connectivity index (χ0v) is 14.0. The van der Waals surface area contributed by atoms with Gasteiger partial charge in [-0.2, -0.15) is 0 Å². The lowest BCUT2D eigenvalue weighted by atomic mass is 9.86. The monoisotopic (exact) mass is 325 g/mol. The Labute approximate surface area is 142 Å². The SMILES string of the molecule is COc1c(O)ccc2c1CN1CCc3oc(CC4CC4)cc3C1C2. The average Bonchev–Trinajstić information content (AvgIpc) is 3.29. The van der Waals surface area contributed by atoms with E-state index >= 15 is 0 Å². The van der Waals surface area contributed by atoms with Gasteiger partial charge < -0.3 is 14.3 Å². The van der Waals surface area contributed by atoms with Gasteiger partial charge in [0.1, 0.15) is 11.5 Å². The number of fused-ring (bicyclic) bond motifs is 4. The Balaban J connectivity index is 1.50. The van der Waals surface area contributed by atoms with Crippen molar-refractivity contribution in [2.75, 3.05) is 13.7 Å². The summed E-state index contributed by atoms with van der Waals surface area (Å²) in [5.41, 5.74) is 3.80. The van der Waals surface area contributed by atoms with Crippen LogP contribution in [-0.4, -0.2) is 23.7 Å². The van der Waals surface area contributed by atoms with Gasteiger partial charge in [0.25, 0.3) is 0 Å². The third-order valence-electron chi connectivity index (χ3n) is 5.82. The molecule has 2 aliphatic heterocycles. The number of hydrogen-bond donors (Lipinski definition) is 1. The molecule has 5 rings (SSSR count). The molecule has 1 saturated carbocycles. The highest BCUT2D eigenvalue weighted by Gasteiger charge is 2.36. The van der Waals surface area contributed by atoms with E-state index in [2.05, 4.69) is 11.0 Å². The summed E-state index contributed by atoms with van der Waals surface area (Å²) in [6, 6.07) is 6.51. The van der Waals surface area contributed by atoms with Gasteiger partial charge in [-0.25, -0.2) is 0 Å². The molecule has 0 amide bonds. The molecule has 1 aliphatic carbocycles. The third kappa shape index (κ3) is 2.24. The van der Waals surface area contributed by atoms with Crippen molar-refractivity contribution in [3.63, 3.8) is 0 Å². The molecule has 1 aromatic carbocycles. The molecule has 24 heavy (non-hydrogen) atoms. The number of methoxy groups -OCH3 is 1. The first-order valence-electron chi connectivity index (χ1n) is 8.96. The van der Waals surface area contributed by atoms with Crippen LogP contribution in [0.25, 0.3) is 0 Å². The van der Waals surface area contributed by atoms with Crippen LogP contribution in [0.15, 0.2) is 22.6 Å². The topological polar surface area (TPSA) is 45.8 Å². The molecule has 0 saturated heterocycles. The van der Waals surface area contributed by atoms with Gasteiger partial charge in [0.2, 0.25) is 0 Å². The third-order valence-corrected chi connectivity index (χ3v) is 5.82. The lowest BCUT2D eigenvalue weighted by Crippen LogP contribution is -2.39. The Hall–Kier alpha value is -1.94. The number of ether oxygens (including phenoxy) is 1. The van der Waals surface area contributed by atoms with Crippen LogP contribution < -0.4 is 4.74 Å². The number of rotatable bonds is 3. The molecule has 4 nitrogen and oxygen atoms in total. The van der Waals surface area contributed by atoms with Crippen LogP contribution in [-0.2, 0) is 25.8 Å². The number of phenols is 1. The van der Waals surface area contributed by atoms with Gasteiger partial charge in [-0.15, -0.1) is 0 Å². The van der Waals surface area contributed by atoms with Crippen molar-refractivity contribution in [2.24, 2.45) is 5.92 Å². The summed E-state index contributed by atoms with van der Waals surface area (Å²) in [5.74, 6) is 4.10. The molecule has 3 aliphatic rings. The van der Waals surface area contributed by atoms with Crippen LogP contribution >= 0.6 is 0 Å². The first-order valence-corrected chi connectivity index (χ1v) is 8.96. The van der Waals surface area contributed by atoms with Gasteiger partial charge in [-0.1, -0.05) is 6.07 Å². The molecule has 0 spiro atoms. The average molecular weight is 325 g/mol. The second-order valence-corrected chi connectivity index (χ2v) is 7.43. The van der Waals surface area contributed by atoms with Crippen molar-refractivity contribution < 1.29 is 14.3 Å². The van der Waals surface area contributed by atoms with E-state index in [1.54, 1.807) is 13.2 Å². The van der Waals surface area contributed by atoms with Crippen molar-refractivity contribution in [3.05, 3.63) is 46.4 Å². The second kappa shape index (κ2) is 5.28. The van der Waals surface area contributed by atoms with Gasteiger partial charge in [0, 0.05) is 43.1 Å². The van der Waals surface area contributed by atoms with Gasteiger partial charge in [-0.3, -0.25) is 4.90 Å². The highest BCUT2D eigenvalue weighted by Crippen LogP contribution is 2.44. The van der Waals surface area contributed by atoms with Crippen molar-refractivity contribution in [1.82, 2.24) is 4.90 Å². The van der Waals surface area contributed by atoms with E-state index in [0.29, 0.717) is 11.8 Å². The summed E-state index contributed by atoms with van der Waals surface area (Å²) in [4.78, 5) is 2.50. The Kier molecular flexibility index (Phi) is 3.17. The van der Waals surface area contributed by atoms with Crippen LogP contribution in [0.1, 0.15) is 47.1 Å². The van der Waals surface area contributed by atoms with E-state index in [0.717, 1.165) is 43.8 Å². The van der Waals surface area contributed by atoms with E-state index < -0.39 is 0 Å². The summed E-state index contributed by atoms with van der Waals surface area (Å²) >= 11 is 0.